The molecule has 0 unspecified atom stereocenters. The third-order valence-electron chi connectivity index (χ3n) is 1.95. The molecule has 1 aromatic rings. The Morgan fingerprint density at radius 3 is 3.00 bits per heavy atom. The van der Waals surface area contributed by atoms with E-state index in [1.807, 2.05) is 6.08 Å². The molecule has 0 atom stereocenters. The second kappa shape index (κ2) is 6.48. The molecule has 0 N–H and O–H groups in total. The van der Waals surface area contributed by atoms with Gasteiger partial charge in [0, 0.05) is 11.5 Å². The predicted octanol–water partition coefficient (Wildman–Crippen LogP) is 3.55. The van der Waals surface area contributed by atoms with Crippen LogP contribution < -0.4 is 4.74 Å². The van der Waals surface area contributed by atoms with E-state index in [9.17, 15) is 4.39 Å². The van der Waals surface area contributed by atoms with Crippen LogP contribution in [0.25, 0.3) is 16.5 Å². The number of azide groups is 1. The smallest absolute Gasteiger partial charge is 0.165 e. The molecule has 0 saturated carbocycles. The van der Waals surface area contributed by atoms with Gasteiger partial charge in [-0.15, -0.1) is 0 Å². The molecule has 5 heteroatoms. The van der Waals surface area contributed by atoms with Gasteiger partial charge in [-0.1, -0.05) is 23.3 Å². The minimum absolute atomic E-state index is 0.228. The molecule has 1 rings (SSSR count). The predicted molar refractivity (Wildman–Crippen MR) is 60.6 cm³/mol. The fraction of sp³-hybridized carbons (Fsp3) is 0.273. The van der Waals surface area contributed by atoms with Crippen molar-refractivity contribution in [1.29, 1.82) is 0 Å². The highest BCUT2D eigenvalue weighted by Crippen LogP contribution is 2.18. The Hall–Kier alpha value is -2.00. The first-order valence-electron chi connectivity index (χ1n) is 4.79. The summed E-state index contributed by atoms with van der Waals surface area (Å²) in [6.45, 7) is 0.408. The van der Waals surface area contributed by atoms with Gasteiger partial charge < -0.3 is 4.74 Å². The average molecular weight is 221 g/mol. The standard InChI is InChI=1S/C11H12FN3O/c1-16-11-6-5-9(8-10(11)12)4-2-3-7-14-15-13/h2,4-6,8H,3,7H2,1H3. The number of methoxy groups -OCH3 is 1. The number of hydrogen-bond donors (Lipinski definition) is 0. The van der Waals surface area contributed by atoms with Crippen LogP contribution in [0.3, 0.4) is 0 Å². The normalized spacial score (nSPS) is 10.1. The molecule has 0 bridgehead atoms. The van der Waals surface area contributed by atoms with E-state index in [-0.39, 0.29) is 11.6 Å². The molecule has 0 amide bonds. The number of ether oxygens (including phenoxy) is 1. The van der Waals surface area contributed by atoms with Gasteiger partial charge in [-0.2, -0.15) is 0 Å². The lowest BCUT2D eigenvalue weighted by Gasteiger charge is -2.01. The summed E-state index contributed by atoms with van der Waals surface area (Å²) in [6, 6.07) is 4.72. The van der Waals surface area contributed by atoms with Crippen LogP contribution in [0.2, 0.25) is 0 Å². The van der Waals surface area contributed by atoms with Gasteiger partial charge in [0.1, 0.15) is 0 Å². The van der Waals surface area contributed by atoms with Gasteiger partial charge in [0.25, 0.3) is 0 Å². The Morgan fingerprint density at radius 2 is 2.38 bits per heavy atom. The Labute approximate surface area is 93.0 Å². The van der Waals surface area contributed by atoms with Gasteiger partial charge in [-0.25, -0.2) is 4.39 Å². The van der Waals surface area contributed by atoms with E-state index in [4.69, 9.17) is 10.3 Å². The van der Waals surface area contributed by atoms with Crippen LogP contribution in [0.15, 0.2) is 29.4 Å². The third-order valence-corrected chi connectivity index (χ3v) is 1.95. The van der Waals surface area contributed by atoms with Crippen molar-refractivity contribution in [2.24, 2.45) is 5.11 Å². The summed E-state index contributed by atoms with van der Waals surface area (Å²) >= 11 is 0. The summed E-state index contributed by atoms with van der Waals surface area (Å²) in [4.78, 5) is 2.63. The van der Waals surface area contributed by atoms with E-state index >= 15 is 0 Å². The van der Waals surface area contributed by atoms with Crippen molar-refractivity contribution >= 4 is 6.08 Å². The van der Waals surface area contributed by atoms with E-state index in [0.29, 0.717) is 13.0 Å². The summed E-state index contributed by atoms with van der Waals surface area (Å²) in [7, 11) is 1.42. The molecule has 0 saturated heterocycles. The SMILES string of the molecule is COc1ccc(C=CCCN=[N+]=[N-])cc1F. The first-order chi connectivity index (χ1) is 7.77. The number of benzene rings is 1. The minimum Gasteiger partial charge on any atom is -0.494 e. The highest BCUT2D eigenvalue weighted by atomic mass is 19.1. The zero-order valence-electron chi connectivity index (χ0n) is 8.93. The van der Waals surface area contributed by atoms with Crippen LogP contribution in [0, 0.1) is 5.82 Å². The van der Waals surface area contributed by atoms with Gasteiger partial charge in [0.15, 0.2) is 11.6 Å². The summed E-state index contributed by atoms with van der Waals surface area (Å²) in [5, 5.41) is 3.38. The second-order valence-corrected chi connectivity index (χ2v) is 3.04. The molecule has 0 aromatic heterocycles. The molecule has 0 heterocycles. The fourth-order valence-corrected chi connectivity index (χ4v) is 1.18. The Balaban J connectivity index is 2.60. The van der Waals surface area contributed by atoms with Gasteiger partial charge in [-0.05, 0) is 29.6 Å². The van der Waals surface area contributed by atoms with E-state index in [0.717, 1.165) is 5.56 Å². The zero-order valence-corrected chi connectivity index (χ0v) is 8.93. The van der Waals surface area contributed by atoms with Gasteiger partial charge >= 0.3 is 0 Å². The average Bonchev–Trinajstić information content (AvgIpc) is 2.29. The van der Waals surface area contributed by atoms with E-state index in [1.165, 1.54) is 13.2 Å². The van der Waals surface area contributed by atoms with E-state index < -0.39 is 0 Å². The van der Waals surface area contributed by atoms with Crippen LogP contribution in [-0.4, -0.2) is 13.7 Å². The topological polar surface area (TPSA) is 58.0 Å². The first-order valence-corrected chi connectivity index (χ1v) is 4.79. The van der Waals surface area contributed by atoms with Crippen molar-refractivity contribution in [3.05, 3.63) is 46.1 Å². The van der Waals surface area contributed by atoms with Crippen molar-refractivity contribution in [3.63, 3.8) is 0 Å². The lowest BCUT2D eigenvalue weighted by atomic mass is 10.2. The number of halogens is 1. The molecule has 0 fully saturated rings. The summed E-state index contributed by atoms with van der Waals surface area (Å²) in [5.41, 5.74) is 8.80. The highest BCUT2D eigenvalue weighted by molar-refractivity contribution is 5.50. The molecular weight excluding hydrogens is 209 g/mol. The van der Waals surface area contributed by atoms with Gasteiger partial charge in [0.05, 0.1) is 7.11 Å². The maximum Gasteiger partial charge on any atom is 0.165 e. The molecule has 0 aliphatic heterocycles. The van der Waals surface area contributed by atoms with Crippen molar-refractivity contribution in [1.82, 2.24) is 0 Å². The molecule has 16 heavy (non-hydrogen) atoms. The monoisotopic (exact) mass is 221 g/mol. The maximum atomic E-state index is 13.3. The molecule has 84 valence electrons. The maximum absolute atomic E-state index is 13.3. The lowest BCUT2D eigenvalue weighted by molar-refractivity contribution is 0.386. The molecule has 1 aromatic carbocycles. The van der Waals surface area contributed by atoms with Gasteiger partial charge in [-0.3, -0.25) is 0 Å². The Bertz CT molecular complexity index is 425. The minimum atomic E-state index is -0.389. The molecular formula is C11H12FN3O. The molecule has 0 aliphatic carbocycles. The second-order valence-electron chi connectivity index (χ2n) is 3.04. The molecule has 0 aliphatic rings. The highest BCUT2D eigenvalue weighted by Gasteiger charge is 2.00. The zero-order chi connectivity index (χ0) is 11.8. The number of nitrogens with zero attached hydrogens (tertiary/aromatic N) is 3. The summed E-state index contributed by atoms with van der Waals surface area (Å²) in [6.07, 6.45) is 4.24. The quantitative estimate of drug-likeness (QED) is 0.324. The van der Waals surface area contributed by atoms with Gasteiger partial charge in [0.2, 0.25) is 0 Å². The molecule has 4 nitrogen and oxygen atoms in total. The van der Waals surface area contributed by atoms with Crippen LogP contribution >= 0.6 is 0 Å². The Kier molecular flexibility index (Phi) is 4.89. The van der Waals surface area contributed by atoms with Crippen molar-refractivity contribution in [2.45, 2.75) is 6.42 Å². The number of rotatable bonds is 5. The largest absolute Gasteiger partial charge is 0.494 e. The van der Waals surface area contributed by atoms with E-state index in [1.54, 1.807) is 18.2 Å². The Morgan fingerprint density at radius 1 is 1.56 bits per heavy atom. The van der Waals surface area contributed by atoms with Crippen molar-refractivity contribution < 1.29 is 9.13 Å². The third kappa shape index (κ3) is 3.63. The summed E-state index contributed by atoms with van der Waals surface area (Å²) < 4.78 is 18.1. The summed E-state index contributed by atoms with van der Waals surface area (Å²) in [5.74, 6) is -0.161. The van der Waals surface area contributed by atoms with E-state index in [2.05, 4.69) is 10.0 Å². The molecule has 0 spiro atoms. The first kappa shape index (κ1) is 12.1. The van der Waals surface area contributed by atoms with Crippen LogP contribution in [0.1, 0.15) is 12.0 Å². The van der Waals surface area contributed by atoms with Crippen molar-refractivity contribution in [3.8, 4) is 5.75 Å². The van der Waals surface area contributed by atoms with Crippen molar-refractivity contribution in [2.75, 3.05) is 13.7 Å². The fourth-order valence-electron chi connectivity index (χ4n) is 1.18. The van der Waals surface area contributed by atoms with Crippen LogP contribution in [0.5, 0.6) is 5.75 Å². The van der Waals surface area contributed by atoms with Crippen LogP contribution in [0.4, 0.5) is 4.39 Å². The van der Waals surface area contributed by atoms with Crippen LogP contribution in [-0.2, 0) is 0 Å². The lowest BCUT2D eigenvalue weighted by Crippen LogP contribution is -1.87. The molecule has 0 radical (unpaired) electrons. The number of hydrogen-bond acceptors (Lipinski definition) is 2.